The first-order valence-corrected chi connectivity index (χ1v) is 12.0. The number of furan rings is 1. The van der Waals surface area contributed by atoms with E-state index < -0.39 is 12.1 Å². The predicted octanol–water partition coefficient (Wildman–Crippen LogP) is 5.70. The standard InChI is InChI=1S/C24H21BrN2O4S/c1-13-4-7-16-19(11-13)32-24-21(16)23(29)26-22(27-24)17-12-14(25)5-8-18(17)31-20(28)9-6-15-3-2-10-30-15/h2-3,5-6,8-10,12-13,22,27H,4,7,11H2,1H3,(H,26,29)/b9-6+/t13-,22+/m0/s1. The van der Waals surface area contributed by atoms with Crippen LogP contribution in [0.2, 0.25) is 0 Å². The van der Waals surface area contributed by atoms with E-state index in [2.05, 4.69) is 33.5 Å². The monoisotopic (exact) mass is 512 g/mol. The Morgan fingerprint density at radius 2 is 2.19 bits per heavy atom. The van der Waals surface area contributed by atoms with Gasteiger partial charge in [-0.15, -0.1) is 11.3 Å². The minimum atomic E-state index is -0.534. The van der Waals surface area contributed by atoms with Crippen LogP contribution in [0.4, 0.5) is 5.00 Å². The molecule has 3 aromatic rings. The lowest BCUT2D eigenvalue weighted by atomic mass is 9.88. The van der Waals surface area contributed by atoms with Gasteiger partial charge in [-0.1, -0.05) is 22.9 Å². The molecule has 2 atom stereocenters. The summed E-state index contributed by atoms with van der Waals surface area (Å²) in [5.74, 6) is 0.937. The number of thiophene rings is 1. The van der Waals surface area contributed by atoms with Crippen LogP contribution in [0.5, 0.6) is 5.75 Å². The molecule has 2 aliphatic rings. The topological polar surface area (TPSA) is 80.6 Å². The van der Waals surface area contributed by atoms with E-state index in [9.17, 15) is 9.59 Å². The summed E-state index contributed by atoms with van der Waals surface area (Å²) in [6, 6.07) is 8.84. The molecule has 1 aliphatic carbocycles. The van der Waals surface area contributed by atoms with Crippen molar-refractivity contribution in [1.29, 1.82) is 0 Å². The summed E-state index contributed by atoms with van der Waals surface area (Å²) < 4.78 is 11.6. The van der Waals surface area contributed by atoms with Crippen molar-refractivity contribution in [2.45, 2.75) is 32.4 Å². The number of anilines is 1. The average molecular weight is 513 g/mol. The van der Waals surface area contributed by atoms with Crippen LogP contribution >= 0.6 is 27.3 Å². The molecule has 0 fully saturated rings. The molecule has 0 saturated heterocycles. The molecule has 32 heavy (non-hydrogen) atoms. The minimum Gasteiger partial charge on any atom is -0.465 e. The largest absolute Gasteiger partial charge is 0.465 e. The Bertz CT molecular complexity index is 1220. The van der Waals surface area contributed by atoms with Crippen molar-refractivity contribution >= 4 is 50.2 Å². The van der Waals surface area contributed by atoms with E-state index in [-0.39, 0.29) is 5.91 Å². The summed E-state index contributed by atoms with van der Waals surface area (Å²) in [4.78, 5) is 26.7. The second kappa shape index (κ2) is 8.60. The van der Waals surface area contributed by atoms with E-state index in [1.165, 1.54) is 22.8 Å². The van der Waals surface area contributed by atoms with Crippen molar-refractivity contribution in [1.82, 2.24) is 5.32 Å². The fourth-order valence-corrected chi connectivity index (χ4v) is 5.95. The normalized spacial score (nSPS) is 19.8. The number of esters is 1. The molecule has 1 amide bonds. The van der Waals surface area contributed by atoms with Gasteiger partial charge in [0.15, 0.2) is 0 Å². The zero-order valence-electron chi connectivity index (χ0n) is 17.3. The molecule has 3 heterocycles. The molecule has 0 spiro atoms. The smallest absolute Gasteiger partial charge is 0.336 e. The minimum absolute atomic E-state index is 0.0919. The Morgan fingerprint density at radius 1 is 1.31 bits per heavy atom. The van der Waals surface area contributed by atoms with E-state index in [1.807, 2.05) is 6.07 Å². The van der Waals surface area contributed by atoms with Gasteiger partial charge in [-0.2, -0.15) is 0 Å². The lowest BCUT2D eigenvalue weighted by Gasteiger charge is -2.28. The van der Waals surface area contributed by atoms with Crippen molar-refractivity contribution in [2.24, 2.45) is 5.92 Å². The van der Waals surface area contributed by atoms with Crippen LogP contribution < -0.4 is 15.4 Å². The third kappa shape index (κ3) is 4.12. The number of hydrogen-bond donors (Lipinski definition) is 2. The number of benzene rings is 1. The fourth-order valence-electron chi connectivity index (χ4n) is 4.14. The highest BCUT2D eigenvalue weighted by Crippen LogP contribution is 2.43. The van der Waals surface area contributed by atoms with Crippen molar-refractivity contribution in [3.8, 4) is 5.75 Å². The van der Waals surface area contributed by atoms with Gasteiger partial charge in [0.25, 0.3) is 5.91 Å². The third-order valence-corrected chi connectivity index (χ3v) is 7.39. The molecule has 0 radical (unpaired) electrons. The molecule has 0 bridgehead atoms. The first-order valence-electron chi connectivity index (χ1n) is 10.4. The van der Waals surface area contributed by atoms with Crippen LogP contribution in [0.3, 0.4) is 0 Å². The number of carbonyl (C=O) groups is 2. The highest BCUT2D eigenvalue weighted by atomic mass is 79.9. The van der Waals surface area contributed by atoms with Crippen LogP contribution in [-0.4, -0.2) is 11.9 Å². The Kier molecular flexibility index (Phi) is 5.65. The number of nitrogens with one attached hydrogen (secondary N) is 2. The summed E-state index contributed by atoms with van der Waals surface area (Å²) >= 11 is 5.14. The number of rotatable bonds is 4. The van der Waals surface area contributed by atoms with Crippen LogP contribution in [-0.2, 0) is 17.6 Å². The van der Waals surface area contributed by atoms with Crippen LogP contribution in [0.15, 0.2) is 51.6 Å². The summed E-state index contributed by atoms with van der Waals surface area (Å²) in [5.41, 5.74) is 2.61. The van der Waals surface area contributed by atoms with Gasteiger partial charge in [0.2, 0.25) is 0 Å². The third-order valence-electron chi connectivity index (χ3n) is 5.71. The van der Waals surface area contributed by atoms with Crippen LogP contribution in [0.25, 0.3) is 6.08 Å². The van der Waals surface area contributed by atoms with Crippen molar-refractivity contribution < 1.29 is 18.7 Å². The number of fused-ring (bicyclic) bond motifs is 3. The number of halogens is 1. The molecular weight excluding hydrogens is 492 g/mol. The number of carbonyl (C=O) groups excluding carboxylic acids is 2. The van der Waals surface area contributed by atoms with Crippen LogP contribution in [0.1, 0.15) is 51.6 Å². The van der Waals surface area contributed by atoms with E-state index in [1.54, 1.807) is 41.7 Å². The van der Waals surface area contributed by atoms with Gasteiger partial charge >= 0.3 is 5.97 Å². The maximum Gasteiger partial charge on any atom is 0.336 e. The first kappa shape index (κ1) is 21.0. The first-order chi connectivity index (χ1) is 15.5. The van der Waals surface area contributed by atoms with Crippen molar-refractivity contribution in [2.75, 3.05) is 5.32 Å². The Morgan fingerprint density at radius 3 is 3.00 bits per heavy atom. The van der Waals surface area contributed by atoms with Crippen molar-refractivity contribution in [3.05, 3.63) is 74.5 Å². The van der Waals surface area contributed by atoms with Gasteiger partial charge in [0, 0.05) is 21.0 Å². The van der Waals surface area contributed by atoms with Gasteiger partial charge in [-0.25, -0.2) is 4.79 Å². The molecule has 1 aromatic carbocycles. The highest BCUT2D eigenvalue weighted by Gasteiger charge is 2.34. The Balaban J connectivity index is 1.41. The molecule has 5 rings (SSSR count). The van der Waals surface area contributed by atoms with Crippen LogP contribution in [0, 0.1) is 5.92 Å². The molecule has 164 valence electrons. The van der Waals surface area contributed by atoms with E-state index in [0.29, 0.717) is 23.0 Å². The quantitative estimate of drug-likeness (QED) is 0.266. The number of amides is 1. The average Bonchev–Trinajstić information content (AvgIpc) is 3.40. The second-order valence-electron chi connectivity index (χ2n) is 8.06. The van der Waals surface area contributed by atoms with Gasteiger partial charge < -0.3 is 19.8 Å². The van der Waals surface area contributed by atoms with E-state index >= 15 is 0 Å². The molecule has 2 N–H and O–H groups in total. The number of hydrogen-bond acceptors (Lipinski definition) is 6. The molecular formula is C24H21BrN2O4S. The summed E-state index contributed by atoms with van der Waals surface area (Å²) in [5, 5.41) is 7.38. The SMILES string of the molecule is C[C@H]1CCc2c(sc3c2C(=O)N[C@@H](c2cc(Br)ccc2OC(=O)/C=C/c2ccco2)N3)C1. The van der Waals surface area contributed by atoms with Gasteiger partial charge in [-0.3, -0.25) is 4.79 Å². The molecule has 0 saturated carbocycles. The second-order valence-corrected chi connectivity index (χ2v) is 10.1. The molecule has 6 nitrogen and oxygen atoms in total. The van der Waals surface area contributed by atoms with Gasteiger partial charge in [0.1, 0.15) is 22.7 Å². The van der Waals surface area contributed by atoms with E-state index in [0.717, 1.165) is 34.3 Å². The number of ether oxygens (including phenoxy) is 1. The Labute approximate surface area is 197 Å². The maximum absolute atomic E-state index is 13.1. The highest BCUT2D eigenvalue weighted by molar-refractivity contribution is 9.10. The van der Waals surface area contributed by atoms with Crippen molar-refractivity contribution in [3.63, 3.8) is 0 Å². The fraction of sp³-hybridized carbons (Fsp3) is 0.250. The zero-order chi connectivity index (χ0) is 22.2. The lowest BCUT2D eigenvalue weighted by Crippen LogP contribution is -2.38. The van der Waals surface area contributed by atoms with Gasteiger partial charge in [0.05, 0.1) is 11.8 Å². The molecule has 8 heteroatoms. The molecule has 0 unspecified atom stereocenters. The summed E-state index contributed by atoms with van der Waals surface area (Å²) in [6.45, 7) is 2.25. The Hall–Kier alpha value is -2.84. The summed E-state index contributed by atoms with van der Waals surface area (Å²) in [7, 11) is 0. The van der Waals surface area contributed by atoms with E-state index in [4.69, 9.17) is 9.15 Å². The zero-order valence-corrected chi connectivity index (χ0v) is 19.7. The molecule has 1 aliphatic heterocycles. The maximum atomic E-state index is 13.1. The van der Waals surface area contributed by atoms with Gasteiger partial charge in [-0.05, 0) is 67.2 Å². The molecule has 2 aromatic heterocycles. The summed E-state index contributed by atoms with van der Waals surface area (Å²) in [6.07, 6.45) is 6.92. The predicted molar refractivity (Wildman–Crippen MR) is 127 cm³/mol. The lowest BCUT2D eigenvalue weighted by molar-refractivity contribution is -0.128.